The Bertz CT molecular complexity index is 634. The SMILES string of the molecule is Nc1ccc(-c2nnc3n2CCC3)cc1[N+](=O)[O-]. The van der Waals surface area contributed by atoms with Crippen LogP contribution in [-0.2, 0) is 13.0 Å². The molecule has 0 amide bonds. The number of hydrogen-bond acceptors (Lipinski definition) is 5. The van der Waals surface area contributed by atoms with Crippen molar-refractivity contribution in [2.24, 2.45) is 0 Å². The molecule has 0 aliphatic carbocycles. The summed E-state index contributed by atoms with van der Waals surface area (Å²) < 4.78 is 2.00. The molecule has 2 N–H and O–H groups in total. The minimum Gasteiger partial charge on any atom is -0.393 e. The first-order valence-corrected chi connectivity index (χ1v) is 5.63. The molecule has 2 heterocycles. The number of nitrogens with two attached hydrogens (primary N) is 1. The van der Waals surface area contributed by atoms with Gasteiger partial charge in [-0.2, -0.15) is 0 Å². The third-order valence-electron chi connectivity index (χ3n) is 3.09. The molecule has 0 spiro atoms. The Morgan fingerprint density at radius 1 is 1.39 bits per heavy atom. The van der Waals surface area contributed by atoms with Crippen LogP contribution in [0.25, 0.3) is 11.4 Å². The van der Waals surface area contributed by atoms with Gasteiger partial charge in [-0.05, 0) is 18.6 Å². The normalized spacial score (nSPS) is 13.6. The summed E-state index contributed by atoms with van der Waals surface area (Å²) >= 11 is 0. The van der Waals surface area contributed by atoms with E-state index in [1.165, 1.54) is 12.1 Å². The molecule has 0 unspecified atom stereocenters. The van der Waals surface area contributed by atoms with Crippen molar-refractivity contribution in [2.75, 3.05) is 5.73 Å². The van der Waals surface area contributed by atoms with Gasteiger partial charge in [0.1, 0.15) is 11.5 Å². The molecule has 7 nitrogen and oxygen atoms in total. The second-order valence-electron chi connectivity index (χ2n) is 4.23. The smallest absolute Gasteiger partial charge is 0.292 e. The van der Waals surface area contributed by atoms with Gasteiger partial charge in [0.25, 0.3) is 5.69 Å². The summed E-state index contributed by atoms with van der Waals surface area (Å²) in [6.45, 7) is 0.857. The predicted octanol–water partition coefficient (Wildman–Crippen LogP) is 1.38. The second-order valence-corrected chi connectivity index (χ2v) is 4.23. The summed E-state index contributed by atoms with van der Waals surface area (Å²) in [6.07, 6.45) is 1.94. The van der Waals surface area contributed by atoms with E-state index in [-0.39, 0.29) is 11.4 Å². The van der Waals surface area contributed by atoms with Crippen molar-refractivity contribution in [3.8, 4) is 11.4 Å². The fourth-order valence-corrected chi connectivity index (χ4v) is 2.20. The lowest BCUT2D eigenvalue weighted by molar-refractivity contribution is -0.383. The van der Waals surface area contributed by atoms with Crippen LogP contribution < -0.4 is 5.73 Å². The van der Waals surface area contributed by atoms with Crippen molar-refractivity contribution in [1.82, 2.24) is 14.8 Å². The van der Waals surface area contributed by atoms with Crippen LogP contribution in [0.3, 0.4) is 0 Å². The zero-order valence-corrected chi connectivity index (χ0v) is 9.54. The van der Waals surface area contributed by atoms with Crippen LogP contribution in [0, 0.1) is 10.1 Å². The Morgan fingerprint density at radius 2 is 2.22 bits per heavy atom. The lowest BCUT2D eigenvalue weighted by Gasteiger charge is -2.04. The number of fused-ring (bicyclic) bond motifs is 1. The van der Waals surface area contributed by atoms with E-state index in [0.29, 0.717) is 11.4 Å². The molecule has 0 saturated carbocycles. The van der Waals surface area contributed by atoms with Crippen LogP contribution in [0.2, 0.25) is 0 Å². The van der Waals surface area contributed by atoms with Crippen molar-refractivity contribution in [3.05, 3.63) is 34.1 Å². The minimum absolute atomic E-state index is 0.0946. The number of benzene rings is 1. The van der Waals surface area contributed by atoms with Gasteiger partial charge < -0.3 is 10.3 Å². The first-order chi connectivity index (χ1) is 8.66. The maximum Gasteiger partial charge on any atom is 0.292 e. The number of nitro groups is 1. The highest BCUT2D eigenvalue weighted by molar-refractivity contribution is 5.68. The maximum absolute atomic E-state index is 10.9. The highest BCUT2D eigenvalue weighted by Gasteiger charge is 2.20. The van der Waals surface area contributed by atoms with E-state index >= 15 is 0 Å². The predicted molar refractivity (Wildman–Crippen MR) is 64.8 cm³/mol. The molecular formula is C11H11N5O2. The number of aromatic nitrogens is 3. The molecule has 2 aromatic rings. The molecule has 0 saturated heterocycles. The highest BCUT2D eigenvalue weighted by Crippen LogP contribution is 2.29. The molecule has 0 radical (unpaired) electrons. The van der Waals surface area contributed by atoms with Gasteiger partial charge in [0.2, 0.25) is 0 Å². The summed E-state index contributed by atoms with van der Waals surface area (Å²) in [4.78, 5) is 10.4. The topological polar surface area (TPSA) is 99.9 Å². The van der Waals surface area contributed by atoms with E-state index in [4.69, 9.17) is 5.73 Å². The average molecular weight is 245 g/mol. The molecular weight excluding hydrogens is 234 g/mol. The summed E-state index contributed by atoms with van der Waals surface area (Å²) in [6, 6.07) is 4.72. The van der Waals surface area contributed by atoms with Crippen molar-refractivity contribution >= 4 is 11.4 Å². The standard InChI is InChI=1S/C11H11N5O2/c12-8-4-3-7(6-9(8)16(17)18)11-14-13-10-2-1-5-15(10)11/h3-4,6H,1-2,5,12H2. The lowest BCUT2D eigenvalue weighted by atomic mass is 10.1. The van der Waals surface area contributed by atoms with Gasteiger partial charge in [0.15, 0.2) is 5.82 Å². The number of hydrogen-bond donors (Lipinski definition) is 1. The lowest BCUT2D eigenvalue weighted by Crippen LogP contribution is -1.99. The molecule has 0 fully saturated rings. The molecule has 18 heavy (non-hydrogen) atoms. The molecule has 1 aliphatic heterocycles. The monoisotopic (exact) mass is 245 g/mol. The Hall–Kier alpha value is -2.44. The van der Waals surface area contributed by atoms with E-state index < -0.39 is 4.92 Å². The van der Waals surface area contributed by atoms with Crippen LogP contribution in [0.15, 0.2) is 18.2 Å². The average Bonchev–Trinajstić information content (AvgIpc) is 2.91. The van der Waals surface area contributed by atoms with Crippen LogP contribution in [-0.4, -0.2) is 19.7 Å². The maximum atomic E-state index is 10.9. The van der Waals surface area contributed by atoms with E-state index in [1.54, 1.807) is 6.07 Å². The van der Waals surface area contributed by atoms with Gasteiger partial charge in [-0.25, -0.2) is 0 Å². The molecule has 1 aromatic carbocycles. The Morgan fingerprint density at radius 3 is 3.00 bits per heavy atom. The molecule has 0 bridgehead atoms. The molecule has 3 rings (SSSR count). The van der Waals surface area contributed by atoms with Gasteiger partial charge in [-0.15, -0.1) is 10.2 Å². The highest BCUT2D eigenvalue weighted by atomic mass is 16.6. The van der Waals surface area contributed by atoms with Gasteiger partial charge in [0.05, 0.1) is 4.92 Å². The van der Waals surface area contributed by atoms with E-state index in [2.05, 4.69) is 10.2 Å². The number of nitro benzene ring substituents is 1. The molecule has 1 aromatic heterocycles. The van der Waals surface area contributed by atoms with Gasteiger partial charge >= 0.3 is 0 Å². The zero-order chi connectivity index (χ0) is 12.7. The van der Waals surface area contributed by atoms with E-state index in [1.807, 2.05) is 4.57 Å². The van der Waals surface area contributed by atoms with Crippen molar-refractivity contribution in [2.45, 2.75) is 19.4 Å². The number of nitrogens with zero attached hydrogens (tertiary/aromatic N) is 4. The summed E-state index contributed by atoms with van der Waals surface area (Å²) in [7, 11) is 0. The van der Waals surface area contributed by atoms with Crippen LogP contribution in [0.1, 0.15) is 12.2 Å². The summed E-state index contributed by atoms with van der Waals surface area (Å²) in [5.41, 5.74) is 6.31. The summed E-state index contributed by atoms with van der Waals surface area (Å²) in [5.74, 6) is 1.61. The quantitative estimate of drug-likeness (QED) is 0.489. The minimum atomic E-state index is -0.486. The van der Waals surface area contributed by atoms with E-state index in [0.717, 1.165) is 25.2 Å². The number of anilines is 1. The number of rotatable bonds is 2. The van der Waals surface area contributed by atoms with Crippen LogP contribution in [0.4, 0.5) is 11.4 Å². The van der Waals surface area contributed by atoms with Gasteiger partial charge in [0, 0.05) is 24.6 Å². The Balaban J connectivity index is 2.12. The van der Waals surface area contributed by atoms with Gasteiger partial charge in [-0.3, -0.25) is 10.1 Å². The molecule has 0 atom stereocenters. The third kappa shape index (κ3) is 1.52. The molecule has 92 valence electrons. The molecule has 7 heteroatoms. The fourth-order valence-electron chi connectivity index (χ4n) is 2.20. The van der Waals surface area contributed by atoms with E-state index in [9.17, 15) is 10.1 Å². The van der Waals surface area contributed by atoms with Crippen molar-refractivity contribution in [3.63, 3.8) is 0 Å². The third-order valence-corrected chi connectivity index (χ3v) is 3.09. The second kappa shape index (κ2) is 3.80. The number of nitrogen functional groups attached to an aromatic ring is 1. The number of aryl methyl sites for hydroxylation is 1. The van der Waals surface area contributed by atoms with Gasteiger partial charge in [-0.1, -0.05) is 0 Å². The molecule has 1 aliphatic rings. The zero-order valence-electron chi connectivity index (χ0n) is 9.54. The first kappa shape index (κ1) is 10.7. The fraction of sp³-hybridized carbons (Fsp3) is 0.273. The van der Waals surface area contributed by atoms with Crippen LogP contribution >= 0.6 is 0 Å². The first-order valence-electron chi connectivity index (χ1n) is 5.63. The Labute approximate surface area is 102 Å². The Kier molecular flexibility index (Phi) is 2.26. The van der Waals surface area contributed by atoms with Crippen LogP contribution in [0.5, 0.6) is 0 Å². The van der Waals surface area contributed by atoms with Crippen molar-refractivity contribution in [1.29, 1.82) is 0 Å². The summed E-state index contributed by atoms with van der Waals surface area (Å²) in [5, 5.41) is 19.0. The largest absolute Gasteiger partial charge is 0.393 e. The van der Waals surface area contributed by atoms with Crippen molar-refractivity contribution < 1.29 is 4.92 Å².